The maximum Gasteiger partial charge on any atom is 0.506 e. The van der Waals surface area contributed by atoms with Gasteiger partial charge in [-0.05, 0) is 35.1 Å². The Morgan fingerprint density at radius 2 is 1.73 bits per heavy atom. The average Bonchev–Trinajstić information content (AvgIpc) is 2.96. The topological polar surface area (TPSA) is 75.6 Å². The summed E-state index contributed by atoms with van der Waals surface area (Å²) in [6, 6.07) is 16.5. The molecule has 2 atom stereocenters. The Labute approximate surface area is 152 Å². The van der Waals surface area contributed by atoms with Gasteiger partial charge in [0.1, 0.15) is 6.10 Å². The van der Waals surface area contributed by atoms with Crippen molar-refractivity contribution in [2.75, 3.05) is 6.54 Å². The summed E-state index contributed by atoms with van der Waals surface area (Å²) in [7, 11) is 0. The third kappa shape index (κ3) is 3.05. The number of ether oxygens (including phenoxy) is 1. The highest BCUT2D eigenvalue weighted by Gasteiger charge is 2.35. The highest BCUT2D eigenvalue weighted by atomic mass is 16.7. The smallest absolute Gasteiger partial charge is 0.450 e. The number of hydrogen-bond acceptors (Lipinski definition) is 3. The molecule has 5 heteroatoms. The van der Waals surface area contributed by atoms with Gasteiger partial charge in [0.05, 0.1) is 0 Å². The molecule has 26 heavy (non-hydrogen) atoms. The standard InChI is InChI=1S/C21H21NO4/c23-20-10-9-13(12-22-20)19(26-21(24)25)11-18-16-7-3-1-5-14(16)15-6-2-4-8-17(15)18/h1-8,13,18-19H,9-12H2,(H,22,23)(H,24,25). The van der Waals surface area contributed by atoms with Crippen LogP contribution in [-0.2, 0) is 9.53 Å². The van der Waals surface area contributed by atoms with E-state index in [-0.39, 0.29) is 17.7 Å². The molecular formula is C21H21NO4. The van der Waals surface area contributed by atoms with Crippen molar-refractivity contribution in [3.8, 4) is 11.1 Å². The second-order valence-corrected chi connectivity index (χ2v) is 6.99. The zero-order chi connectivity index (χ0) is 18.1. The number of nitrogens with one attached hydrogen (secondary N) is 1. The Morgan fingerprint density at radius 1 is 1.12 bits per heavy atom. The van der Waals surface area contributed by atoms with Crippen molar-refractivity contribution in [3.63, 3.8) is 0 Å². The van der Waals surface area contributed by atoms with Gasteiger partial charge in [-0.25, -0.2) is 4.79 Å². The molecule has 0 bridgehead atoms. The molecule has 2 N–H and O–H groups in total. The molecule has 2 aromatic carbocycles. The number of carboxylic acid groups (broad SMARTS) is 1. The van der Waals surface area contributed by atoms with Crippen molar-refractivity contribution >= 4 is 12.1 Å². The minimum atomic E-state index is -1.26. The predicted molar refractivity (Wildman–Crippen MR) is 97.0 cm³/mol. The molecule has 2 aromatic rings. The highest BCUT2D eigenvalue weighted by Crippen LogP contribution is 2.47. The highest BCUT2D eigenvalue weighted by molar-refractivity contribution is 5.79. The van der Waals surface area contributed by atoms with Crippen LogP contribution in [0.3, 0.4) is 0 Å². The number of benzene rings is 2. The molecular weight excluding hydrogens is 330 g/mol. The van der Waals surface area contributed by atoms with Crippen LogP contribution >= 0.6 is 0 Å². The lowest BCUT2D eigenvalue weighted by Crippen LogP contribution is -2.42. The molecule has 1 aliphatic heterocycles. The van der Waals surface area contributed by atoms with Crippen molar-refractivity contribution in [2.24, 2.45) is 5.92 Å². The molecule has 1 saturated heterocycles. The molecule has 1 aliphatic carbocycles. The van der Waals surface area contributed by atoms with E-state index in [4.69, 9.17) is 4.74 Å². The molecule has 1 amide bonds. The number of fused-ring (bicyclic) bond motifs is 3. The predicted octanol–water partition coefficient (Wildman–Crippen LogP) is 3.78. The van der Waals surface area contributed by atoms with E-state index in [1.807, 2.05) is 24.3 Å². The van der Waals surface area contributed by atoms with E-state index in [0.29, 0.717) is 25.8 Å². The first-order chi connectivity index (χ1) is 12.6. The maximum absolute atomic E-state index is 11.5. The fraction of sp³-hybridized carbons (Fsp3) is 0.333. The third-order valence-electron chi connectivity index (χ3n) is 5.51. The first-order valence-electron chi connectivity index (χ1n) is 8.98. The number of amides is 1. The summed E-state index contributed by atoms with van der Waals surface area (Å²) in [5.74, 6) is 0.125. The van der Waals surface area contributed by atoms with Crippen molar-refractivity contribution in [1.82, 2.24) is 5.32 Å². The molecule has 1 heterocycles. The van der Waals surface area contributed by atoms with Crippen molar-refractivity contribution in [3.05, 3.63) is 59.7 Å². The Morgan fingerprint density at radius 3 is 2.27 bits per heavy atom. The second kappa shape index (κ2) is 6.83. The Balaban J connectivity index is 1.65. The van der Waals surface area contributed by atoms with Gasteiger partial charge in [0.2, 0.25) is 5.91 Å². The minimum absolute atomic E-state index is 0.00345. The number of hydrogen-bond donors (Lipinski definition) is 2. The van der Waals surface area contributed by atoms with E-state index in [0.717, 1.165) is 0 Å². The number of carbonyl (C=O) groups excluding carboxylic acids is 1. The van der Waals surface area contributed by atoms with Gasteiger partial charge < -0.3 is 15.2 Å². The van der Waals surface area contributed by atoms with Gasteiger partial charge in [-0.1, -0.05) is 48.5 Å². The van der Waals surface area contributed by atoms with E-state index in [1.54, 1.807) is 0 Å². The molecule has 0 aromatic heterocycles. The Hall–Kier alpha value is -2.82. The summed E-state index contributed by atoms with van der Waals surface area (Å²) < 4.78 is 5.28. The second-order valence-electron chi connectivity index (χ2n) is 6.99. The number of carbonyl (C=O) groups is 2. The quantitative estimate of drug-likeness (QED) is 0.822. The van der Waals surface area contributed by atoms with Gasteiger partial charge in [0.25, 0.3) is 0 Å². The van der Waals surface area contributed by atoms with Gasteiger partial charge in [0, 0.05) is 24.8 Å². The summed E-state index contributed by atoms with van der Waals surface area (Å²) in [6.07, 6.45) is -0.0494. The van der Waals surface area contributed by atoms with Gasteiger partial charge in [-0.3, -0.25) is 4.79 Å². The van der Waals surface area contributed by atoms with Gasteiger partial charge in [0.15, 0.2) is 0 Å². The summed E-state index contributed by atoms with van der Waals surface area (Å²) >= 11 is 0. The lowest BCUT2D eigenvalue weighted by Gasteiger charge is -2.31. The number of piperidine rings is 1. The first kappa shape index (κ1) is 16.6. The summed E-state index contributed by atoms with van der Waals surface area (Å²) in [5, 5.41) is 12.1. The normalized spacial score (nSPS) is 20.0. The fourth-order valence-electron chi connectivity index (χ4n) is 4.28. The fourth-order valence-corrected chi connectivity index (χ4v) is 4.28. The molecule has 2 unspecified atom stereocenters. The molecule has 1 fully saturated rings. The molecule has 2 aliphatic rings. The van der Waals surface area contributed by atoms with Gasteiger partial charge in [-0.15, -0.1) is 0 Å². The molecule has 0 saturated carbocycles. The number of rotatable bonds is 4. The molecule has 5 nitrogen and oxygen atoms in total. The monoisotopic (exact) mass is 351 g/mol. The van der Waals surface area contributed by atoms with Crippen molar-refractivity contribution in [2.45, 2.75) is 31.3 Å². The summed E-state index contributed by atoms with van der Waals surface area (Å²) in [6.45, 7) is 0.465. The zero-order valence-electron chi connectivity index (χ0n) is 14.4. The maximum atomic E-state index is 11.5. The molecule has 4 rings (SSSR count). The van der Waals surface area contributed by atoms with Crippen LogP contribution in [0.5, 0.6) is 0 Å². The van der Waals surface area contributed by atoms with E-state index in [1.165, 1.54) is 22.3 Å². The largest absolute Gasteiger partial charge is 0.506 e. The lowest BCUT2D eigenvalue weighted by molar-refractivity contribution is -0.123. The molecule has 0 radical (unpaired) electrons. The van der Waals surface area contributed by atoms with Crippen LogP contribution < -0.4 is 5.32 Å². The average molecular weight is 351 g/mol. The van der Waals surface area contributed by atoms with Crippen LogP contribution in [0.15, 0.2) is 48.5 Å². The van der Waals surface area contributed by atoms with E-state index >= 15 is 0 Å². The zero-order valence-corrected chi connectivity index (χ0v) is 14.4. The summed E-state index contributed by atoms with van der Waals surface area (Å²) in [5.41, 5.74) is 4.85. The van der Waals surface area contributed by atoms with Crippen LogP contribution in [0.2, 0.25) is 0 Å². The van der Waals surface area contributed by atoms with Gasteiger partial charge >= 0.3 is 6.16 Å². The van der Waals surface area contributed by atoms with Crippen LogP contribution in [0.25, 0.3) is 11.1 Å². The summed E-state index contributed by atoms with van der Waals surface area (Å²) in [4.78, 5) is 22.7. The van der Waals surface area contributed by atoms with Crippen molar-refractivity contribution < 1.29 is 19.4 Å². The van der Waals surface area contributed by atoms with E-state index in [2.05, 4.69) is 29.6 Å². The molecule has 134 valence electrons. The van der Waals surface area contributed by atoms with Crippen LogP contribution in [0.1, 0.15) is 36.3 Å². The lowest BCUT2D eigenvalue weighted by atomic mass is 9.84. The van der Waals surface area contributed by atoms with Crippen LogP contribution in [0, 0.1) is 5.92 Å². The Kier molecular flexibility index (Phi) is 4.37. The SMILES string of the molecule is O=C1CCC(C(CC2c3ccccc3-c3ccccc32)OC(=O)O)CN1. The first-order valence-corrected chi connectivity index (χ1v) is 8.98. The van der Waals surface area contributed by atoms with Crippen LogP contribution in [0.4, 0.5) is 4.79 Å². The van der Waals surface area contributed by atoms with Gasteiger partial charge in [-0.2, -0.15) is 0 Å². The molecule has 0 spiro atoms. The van der Waals surface area contributed by atoms with Crippen LogP contribution in [-0.4, -0.2) is 29.8 Å². The third-order valence-corrected chi connectivity index (χ3v) is 5.51. The Bertz CT molecular complexity index is 792. The van der Waals surface area contributed by atoms with E-state index in [9.17, 15) is 14.7 Å². The van der Waals surface area contributed by atoms with E-state index < -0.39 is 12.3 Å². The van der Waals surface area contributed by atoms with Crippen molar-refractivity contribution in [1.29, 1.82) is 0 Å². The minimum Gasteiger partial charge on any atom is -0.450 e.